The SMILES string of the molecule is CCCCCCCCCCC1(CCC(F)(F)F)COCCO1. The lowest BCUT2D eigenvalue weighted by atomic mass is 9.90. The van der Waals surface area contributed by atoms with Crippen molar-refractivity contribution in [1.29, 1.82) is 0 Å². The maximum atomic E-state index is 12.5. The third-order valence-electron chi connectivity index (χ3n) is 4.35. The van der Waals surface area contributed by atoms with Gasteiger partial charge in [0.1, 0.15) is 0 Å². The molecule has 1 atom stereocenters. The molecule has 0 aromatic heterocycles. The molecule has 0 amide bonds. The van der Waals surface area contributed by atoms with Crippen LogP contribution in [-0.4, -0.2) is 31.6 Å². The van der Waals surface area contributed by atoms with Gasteiger partial charge in [-0.15, -0.1) is 0 Å². The average Bonchev–Trinajstić information content (AvgIpc) is 2.48. The van der Waals surface area contributed by atoms with E-state index in [0.29, 0.717) is 26.2 Å². The molecule has 0 saturated carbocycles. The molecule has 2 nitrogen and oxygen atoms in total. The van der Waals surface area contributed by atoms with Crippen molar-refractivity contribution in [2.24, 2.45) is 0 Å². The third-order valence-corrected chi connectivity index (χ3v) is 4.35. The van der Waals surface area contributed by atoms with E-state index in [4.69, 9.17) is 9.47 Å². The first-order chi connectivity index (χ1) is 10.5. The Morgan fingerprint density at radius 3 is 2.05 bits per heavy atom. The second kappa shape index (κ2) is 10.5. The van der Waals surface area contributed by atoms with E-state index in [1.807, 2.05) is 0 Å². The lowest BCUT2D eigenvalue weighted by Crippen LogP contribution is -2.44. The van der Waals surface area contributed by atoms with Gasteiger partial charge in [-0.3, -0.25) is 0 Å². The van der Waals surface area contributed by atoms with Gasteiger partial charge in [-0.05, 0) is 12.8 Å². The lowest BCUT2D eigenvalue weighted by Gasteiger charge is -2.37. The zero-order valence-electron chi connectivity index (χ0n) is 13.8. The van der Waals surface area contributed by atoms with Gasteiger partial charge < -0.3 is 9.47 Å². The molecule has 0 aromatic carbocycles. The summed E-state index contributed by atoms with van der Waals surface area (Å²) in [5.41, 5.74) is -0.712. The fourth-order valence-corrected chi connectivity index (χ4v) is 2.98. The summed E-state index contributed by atoms with van der Waals surface area (Å²) in [6.45, 7) is 3.41. The molecule has 5 heteroatoms. The predicted molar refractivity (Wildman–Crippen MR) is 82.0 cm³/mol. The highest BCUT2D eigenvalue weighted by Gasteiger charge is 2.38. The van der Waals surface area contributed by atoms with Crippen molar-refractivity contribution in [3.05, 3.63) is 0 Å². The van der Waals surface area contributed by atoms with Crippen molar-refractivity contribution >= 4 is 0 Å². The zero-order valence-corrected chi connectivity index (χ0v) is 13.8. The fourth-order valence-electron chi connectivity index (χ4n) is 2.98. The van der Waals surface area contributed by atoms with E-state index < -0.39 is 18.2 Å². The van der Waals surface area contributed by atoms with Crippen molar-refractivity contribution in [2.75, 3.05) is 19.8 Å². The van der Waals surface area contributed by atoms with Crippen LogP contribution in [0.5, 0.6) is 0 Å². The van der Waals surface area contributed by atoms with Crippen molar-refractivity contribution in [3.63, 3.8) is 0 Å². The van der Waals surface area contributed by atoms with Crippen LogP contribution in [0.3, 0.4) is 0 Å². The molecule has 1 aliphatic heterocycles. The minimum absolute atomic E-state index is 0.0208. The van der Waals surface area contributed by atoms with Crippen molar-refractivity contribution < 1.29 is 22.6 Å². The molecular weight excluding hydrogens is 293 g/mol. The maximum absolute atomic E-state index is 12.5. The van der Waals surface area contributed by atoms with Crippen molar-refractivity contribution in [1.82, 2.24) is 0 Å². The molecular formula is C17H31F3O2. The Hall–Kier alpha value is -0.290. The quantitative estimate of drug-likeness (QED) is 0.458. The summed E-state index contributed by atoms with van der Waals surface area (Å²) in [4.78, 5) is 0. The van der Waals surface area contributed by atoms with E-state index in [-0.39, 0.29) is 6.42 Å². The number of hydrogen-bond donors (Lipinski definition) is 0. The summed E-state index contributed by atoms with van der Waals surface area (Å²) in [5, 5.41) is 0. The molecule has 1 fully saturated rings. The van der Waals surface area contributed by atoms with Crippen LogP contribution in [0.4, 0.5) is 13.2 Å². The van der Waals surface area contributed by atoms with E-state index in [1.165, 1.54) is 38.5 Å². The summed E-state index contributed by atoms with van der Waals surface area (Å²) in [5.74, 6) is 0. The molecule has 0 N–H and O–H groups in total. The number of halogens is 3. The van der Waals surface area contributed by atoms with Crippen molar-refractivity contribution in [3.8, 4) is 0 Å². The van der Waals surface area contributed by atoms with E-state index in [1.54, 1.807) is 0 Å². The van der Waals surface area contributed by atoms with Gasteiger partial charge in [-0.1, -0.05) is 58.3 Å². The number of unbranched alkanes of at least 4 members (excludes halogenated alkanes) is 7. The lowest BCUT2D eigenvalue weighted by molar-refractivity contribution is -0.189. The van der Waals surface area contributed by atoms with Crippen LogP contribution in [-0.2, 0) is 9.47 Å². The summed E-state index contributed by atoms with van der Waals surface area (Å²) >= 11 is 0. The van der Waals surface area contributed by atoms with Crippen LogP contribution in [0.1, 0.15) is 77.6 Å². The van der Waals surface area contributed by atoms with Gasteiger partial charge in [-0.25, -0.2) is 0 Å². The standard InChI is InChI=1S/C17H31F3O2/c1-2-3-4-5-6-7-8-9-10-16(11-12-17(18,19)20)15-21-13-14-22-16/h2-15H2,1H3. The van der Waals surface area contributed by atoms with E-state index in [2.05, 4.69) is 6.92 Å². The molecule has 132 valence electrons. The minimum atomic E-state index is -4.12. The van der Waals surface area contributed by atoms with Crippen LogP contribution in [0.2, 0.25) is 0 Å². The average molecular weight is 324 g/mol. The Morgan fingerprint density at radius 2 is 1.50 bits per heavy atom. The molecule has 1 aliphatic rings. The maximum Gasteiger partial charge on any atom is 0.389 e. The molecule has 1 rings (SSSR count). The molecule has 0 aliphatic carbocycles. The molecule has 0 radical (unpaired) electrons. The topological polar surface area (TPSA) is 18.5 Å². The smallest absolute Gasteiger partial charge is 0.376 e. The first-order valence-electron chi connectivity index (χ1n) is 8.76. The molecule has 0 bridgehead atoms. The number of alkyl halides is 3. The van der Waals surface area contributed by atoms with Crippen LogP contribution < -0.4 is 0 Å². The molecule has 1 heterocycles. The highest BCUT2D eigenvalue weighted by Crippen LogP contribution is 2.33. The Labute approximate surface area is 132 Å². The summed E-state index contributed by atoms with van der Waals surface area (Å²) in [6, 6.07) is 0. The van der Waals surface area contributed by atoms with Gasteiger partial charge >= 0.3 is 6.18 Å². The van der Waals surface area contributed by atoms with Crippen LogP contribution in [0, 0.1) is 0 Å². The second-order valence-corrected chi connectivity index (χ2v) is 6.42. The minimum Gasteiger partial charge on any atom is -0.376 e. The highest BCUT2D eigenvalue weighted by molar-refractivity contribution is 4.84. The monoisotopic (exact) mass is 324 g/mol. The zero-order chi connectivity index (χ0) is 16.3. The first-order valence-corrected chi connectivity index (χ1v) is 8.76. The molecule has 0 spiro atoms. The molecule has 1 unspecified atom stereocenters. The summed E-state index contributed by atoms with van der Waals surface area (Å²) in [7, 11) is 0. The van der Waals surface area contributed by atoms with Gasteiger partial charge in [0.15, 0.2) is 0 Å². The Bertz CT molecular complexity index is 274. The van der Waals surface area contributed by atoms with Crippen LogP contribution in [0.25, 0.3) is 0 Å². The van der Waals surface area contributed by atoms with Gasteiger partial charge in [-0.2, -0.15) is 13.2 Å². The largest absolute Gasteiger partial charge is 0.389 e. The number of ether oxygens (including phenoxy) is 2. The molecule has 0 aromatic rings. The van der Waals surface area contributed by atoms with E-state index >= 15 is 0 Å². The molecule has 1 saturated heterocycles. The van der Waals surface area contributed by atoms with Crippen LogP contribution in [0.15, 0.2) is 0 Å². The van der Waals surface area contributed by atoms with E-state index in [9.17, 15) is 13.2 Å². The fraction of sp³-hybridized carbons (Fsp3) is 1.00. The highest BCUT2D eigenvalue weighted by atomic mass is 19.4. The Balaban J connectivity index is 2.21. The second-order valence-electron chi connectivity index (χ2n) is 6.42. The van der Waals surface area contributed by atoms with Gasteiger partial charge in [0.05, 0.1) is 25.4 Å². The Morgan fingerprint density at radius 1 is 0.864 bits per heavy atom. The van der Waals surface area contributed by atoms with Crippen LogP contribution >= 0.6 is 0 Å². The van der Waals surface area contributed by atoms with Crippen molar-refractivity contribution in [2.45, 2.75) is 89.3 Å². The third kappa shape index (κ3) is 8.99. The van der Waals surface area contributed by atoms with Gasteiger partial charge in [0.2, 0.25) is 0 Å². The summed E-state index contributed by atoms with van der Waals surface area (Å²) in [6.07, 6.45) is 5.30. The van der Waals surface area contributed by atoms with Gasteiger partial charge in [0, 0.05) is 6.42 Å². The number of hydrogen-bond acceptors (Lipinski definition) is 2. The first kappa shape index (κ1) is 19.8. The number of rotatable bonds is 11. The normalized spacial score (nSPS) is 22.9. The van der Waals surface area contributed by atoms with E-state index in [0.717, 1.165) is 12.8 Å². The molecule has 22 heavy (non-hydrogen) atoms. The Kier molecular flexibility index (Phi) is 9.41. The summed E-state index contributed by atoms with van der Waals surface area (Å²) < 4.78 is 48.5. The van der Waals surface area contributed by atoms with Gasteiger partial charge in [0.25, 0.3) is 0 Å². The predicted octanol–water partition coefficient (Wildman–Crippen LogP) is 5.65.